The van der Waals surface area contributed by atoms with Gasteiger partial charge in [0, 0.05) is 12.6 Å². The highest BCUT2D eigenvalue weighted by molar-refractivity contribution is 6.29. The van der Waals surface area contributed by atoms with Crippen molar-refractivity contribution in [2.75, 3.05) is 11.9 Å². The van der Waals surface area contributed by atoms with Crippen molar-refractivity contribution in [3.63, 3.8) is 0 Å². The van der Waals surface area contributed by atoms with Gasteiger partial charge in [0.05, 0.1) is 0 Å². The van der Waals surface area contributed by atoms with Gasteiger partial charge in [-0.2, -0.15) is 0 Å². The lowest BCUT2D eigenvalue weighted by Gasteiger charge is -2.11. The van der Waals surface area contributed by atoms with E-state index in [1.165, 1.54) is 0 Å². The highest BCUT2D eigenvalue weighted by Crippen LogP contribution is 2.09. The number of nitrogens with zero attached hydrogens (tertiary/aromatic N) is 1. The largest absolute Gasteiger partial charge is 0.366 e. The van der Waals surface area contributed by atoms with Gasteiger partial charge in [0.25, 0.3) is 0 Å². The van der Waals surface area contributed by atoms with Gasteiger partial charge in [0.15, 0.2) is 0 Å². The summed E-state index contributed by atoms with van der Waals surface area (Å²) < 4.78 is 0. The number of halogens is 1. The lowest BCUT2D eigenvalue weighted by atomic mass is 10.3. The van der Waals surface area contributed by atoms with E-state index in [-0.39, 0.29) is 6.04 Å². The van der Waals surface area contributed by atoms with E-state index in [2.05, 4.69) is 10.3 Å². The molecule has 1 rings (SSSR count). The predicted octanol–water partition coefficient (Wildman–Crippen LogP) is 1.49. The van der Waals surface area contributed by atoms with Gasteiger partial charge in [-0.05, 0) is 19.1 Å². The van der Waals surface area contributed by atoms with E-state index < -0.39 is 0 Å². The summed E-state index contributed by atoms with van der Waals surface area (Å²) in [6.07, 6.45) is 0. The molecule has 0 saturated heterocycles. The van der Waals surface area contributed by atoms with Gasteiger partial charge in [0.1, 0.15) is 11.0 Å². The first-order valence-electron chi connectivity index (χ1n) is 3.81. The van der Waals surface area contributed by atoms with Crippen LogP contribution in [0.2, 0.25) is 5.15 Å². The molecule has 1 aromatic rings. The lowest BCUT2D eigenvalue weighted by Crippen LogP contribution is -2.25. The second-order valence-corrected chi connectivity index (χ2v) is 3.01. The Labute approximate surface area is 76.9 Å². The maximum absolute atomic E-state index is 5.69. The third kappa shape index (κ3) is 2.68. The molecule has 4 heteroatoms. The molecule has 0 radical (unpaired) electrons. The molecule has 1 heterocycles. The number of pyridine rings is 1. The Morgan fingerprint density at radius 1 is 1.67 bits per heavy atom. The molecule has 1 unspecified atom stereocenters. The Morgan fingerprint density at radius 2 is 2.42 bits per heavy atom. The average Bonchev–Trinajstić information content (AvgIpc) is 2.04. The molecule has 0 bridgehead atoms. The van der Waals surface area contributed by atoms with Crippen LogP contribution in [-0.4, -0.2) is 17.6 Å². The molecular weight excluding hydrogens is 174 g/mol. The maximum Gasteiger partial charge on any atom is 0.131 e. The molecule has 1 aromatic heterocycles. The molecule has 66 valence electrons. The number of aromatic nitrogens is 1. The number of nitrogens with one attached hydrogen (secondary N) is 1. The van der Waals surface area contributed by atoms with Gasteiger partial charge in [0.2, 0.25) is 0 Å². The van der Waals surface area contributed by atoms with Crippen molar-refractivity contribution >= 4 is 17.4 Å². The predicted molar refractivity (Wildman–Crippen MR) is 51.4 cm³/mol. The fourth-order valence-electron chi connectivity index (χ4n) is 0.800. The molecule has 12 heavy (non-hydrogen) atoms. The van der Waals surface area contributed by atoms with Crippen LogP contribution in [0.5, 0.6) is 0 Å². The summed E-state index contributed by atoms with van der Waals surface area (Å²) in [5.41, 5.74) is 5.43. The fraction of sp³-hybridized carbons (Fsp3) is 0.375. The van der Waals surface area contributed by atoms with E-state index in [1.807, 2.05) is 19.1 Å². The highest BCUT2D eigenvalue weighted by Gasteiger charge is 1.99. The third-order valence-corrected chi connectivity index (χ3v) is 1.67. The molecule has 0 aliphatic carbocycles. The first-order valence-corrected chi connectivity index (χ1v) is 4.19. The van der Waals surface area contributed by atoms with Crippen LogP contribution in [0, 0.1) is 0 Å². The Bertz CT molecular complexity index is 252. The van der Waals surface area contributed by atoms with Crippen molar-refractivity contribution in [2.45, 2.75) is 13.0 Å². The number of nitrogens with two attached hydrogens (primary N) is 1. The summed E-state index contributed by atoms with van der Waals surface area (Å²) in [5.74, 6) is 0.764. The van der Waals surface area contributed by atoms with Crippen molar-refractivity contribution in [3.8, 4) is 0 Å². The van der Waals surface area contributed by atoms with E-state index in [0.717, 1.165) is 5.82 Å². The van der Waals surface area contributed by atoms with E-state index in [0.29, 0.717) is 11.7 Å². The van der Waals surface area contributed by atoms with E-state index in [1.54, 1.807) is 6.07 Å². The Morgan fingerprint density at radius 3 is 3.00 bits per heavy atom. The maximum atomic E-state index is 5.69. The zero-order chi connectivity index (χ0) is 8.97. The van der Waals surface area contributed by atoms with Gasteiger partial charge in [-0.15, -0.1) is 0 Å². The third-order valence-electron chi connectivity index (χ3n) is 1.46. The molecule has 0 aliphatic rings. The van der Waals surface area contributed by atoms with Crippen LogP contribution in [0.3, 0.4) is 0 Å². The quantitative estimate of drug-likeness (QED) is 0.702. The van der Waals surface area contributed by atoms with Crippen molar-refractivity contribution in [1.29, 1.82) is 0 Å². The van der Waals surface area contributed by atoms with Gasteiger partial charge in [-0.3, -0.25) is 0 Å². The number of rotatable bonds is 3. The van der Waals surface area contributed by atoms with E-state index >= 15 is 0 Å². The molecule has 0 aliphatic heterocycles. The second kappa shape index (κ2) is 4.28. The second-order valence-electron chi connectivity index (χ2n) is 2.63. The topological polar surface area (TPSA) is 50.9 Å². The zero-order valence-corrected chi connectivity index (χ0v) is 7.67. The van der Waals surface area contributed by atoms with Crippen LogP contribution in [0.1, 0.15) is 6.92 Å². The SMILES string of the molecule is CC(CN)Nc1cccc(Cl)n1. The molecule has 0 saturated carbocycles. The standard InChI is InChI=1S/C8H12ClN3/c1-6(5-10)11-8-4-2-3-7(9)12-8/h2-4,6H,5,10H2,1H3,(H,11,12). The van der Waals surface area contributed by atoms with Crippen molar-refractivity contribution in [2.24, 2.45) is 5.73 Å². The van der Waals surface area contributed by atoms with E-state index in [4.69, 9.17) is 17.3 Å². The number of hydrogen-bond acceptors (Lipinski definition) is 3. The van der Waals surface area contributed by atoms with Crippen LogP contribution in [0.4, 0.5) is 5.82 Å². The summed E-state index contributed by atoms with van der Waals surface area (Å²) in [4.78, 5) is 4.06. The lowest BCUT2D eigenvalue weighted by molar-refractivity contribution is 0.798. The van der Waals surface area contributed by atoms with E-state index in [9.17, 15) is 0 Å². The van der Waals surface area contributed by atoms with Crippen LogP contribution < -0.4 is 11.1 Å². The number of anilines is 1. The van der Waals surface area contributed by atoms with Crippen LogP contribution >= 0.6 is 11.6 Å². The number of hydrogen-bond donors (Lipinski definition) is 2. The molecule has 3 N–H and O–H groups in total. The first-order chi connectivity index (χ1) is 5.72. The minimum absolute atomic E-state index is 0.218. The van der Waals surface area contributed by atoms with Crippen molar-refractivity contribution in [1.82, 2.24) is 4.98 Å². The van der Waals surface area contributed by atoms with Gasteiger partial charge < -0.3 is 11.1 Å². The molecule has 1 atom stereocenters. The van der Waals surface area contributed by atoms with Crippen molar-refractivity contribution in [3.05, 3.63) is 23.4 Å². The highest BCUT2D eigenvalue weighted by atomic mass is 35.5. The van der Waals surface area contributed by atoms with Gasteiger partial charge >= 0.3 is 0 Å². The summed E-state index contributed by atoms with van der Waals surface area (Å²) in [6, 6.07) is 5.66. The minimum Gasteiger partial charge on any atom is -0.366 e. The minimum atomic E-state index is 0.218. The summed E-state index contributed by atoms with van der Waals surface area (Å²) in [6.45, 7) is 2.57. The molecule has 0 amide bonds. The van der Waals surface area contributed by atoms with Crippen LogP contribution in [0.25, 0.3) is 0 Å². The molecular formula is C8H12ClN3. The normalized spacial score (nSPS) is 12.6. The molecule has 0 aromatic carbocycles. The molecule has 0 spiro atoms. The van der Waals surface area contributed by atoms with Gasteiger partial charge in [-0.1, -0.05) is 17.7 Å². The average molecular weight is 186 g/mol. The van der Waals surface area contributed by atoms with Crippen molar-refractivity contribution < 1.29 is 0 Å². The van der Waals surface area contributed by atoms with Crippen LogP contribution in [0.15, 0.2) is 18.2 Å². The molecule has 0 fully saturated rings. The van der Waals surface area contributed by atoms with Crippen LogP contribution in [-0.2, 0) is 0 Å². The first kappa shape index (κ1) is 9.29. The zero-order valence-electron chi connectivity index (χ0n) is 6.92. The Kier molecular flexibility index (Phi) is 3.31. The molecule has 3 nitrogen and oxygen atoms in total. The Hall–Kier alpha value is -0.800. The summed E-state index contributed by atoms with van der Waals surface area (Å²) in [5, 5.41) is 3.60. The summed E-state index contributed by atoms with van der Waals surface area (Å²) >= 11 is 5.69. The Balaban J connectivity index is 2.63. The summed E-state index contributed by atoms with van der Waals surface area (Å²) in [7, 11) is 0. The fourth-order valence-corrected chi connectivity index (χ4v) is 0.964. The monoisotopic (exact) mass is 185 g/mol. The smallest absolute Gasteiger partial charge is 0.131 e. The van der Waals surface area contributed by atoms with Gasteiger partial charge in [-0.25, -0.2) is 4.98 Å².